The Hall–Kier alpha value is -0.970. The zero-order valence-electron chi connectivity index (χ0n) is 14.7. The normalized spacial score (nSPS) is 18.5. The maximum atomic E-state index is 10.5. The van der Waals surface area contributed by atoms with Gasteiger partial charge < -0.3 is 14.6 Å². The van der Waals surface area contributed by atoms with Crippen molar-refractivity contribution in [3.63, 3.8) is 0 Å². The molecule has 4 nitrogen and oxygen atoms in total. The highest BCUT2D eigenvalue weighted by Crippen LogP contribution is 2.29. The molecule has 1 N–H and O–H groups in total. The molecule has 22 heavy (non-hydrogen) atoms. The van der Waals surface area contributed by atoms with Crippen LogP contribution < -0.4 is 0 Å². The first kappa shape index (κ1) is 19.1. The summed E-state index contributed by atoms with van der Waals surface area (Å²) >= 11 is 0. The van der Waals surface area contributed by atoms with E-state index in [1.807, 2.05) is 25.3 Å². The molecule has 0 saturated heterocycles. The van der Waals surface area contributed by atoms with Gasteiger partial charge in [-0.25, -0.2) is 0 Å². The van der Waals surface area contributed by atoms with Crippen LogP contribution in [0.3, 0.4) is 0 Å². The van der Waals surface area contributed by atoms with Crippen LogP contribution in [0.1, 0.15) is 51.5 Å². The lowest BCUT2D eigenvalue weighted by Gasteiger charge is -2.26. The Morgan fingerprint density at radius 2 is 1.68 bits per heavy atom. The first-order chi connectivity index (χ1) is 10.4. The van der Waals surface area contributed by atoms with Gasteiger partial charge in [-0.15, -0.1) is 0 Å². The Bertz CT molecular complexity index is 421. The van der Waals surface area contributed by atoms with E-state index in [-0.39, 0.29) is 18.1 Å². The van der Waals surface area contributed by atoms with E-state index in [4.69, 9.17) is 9.47 Å². The van der Waals surface area contributed by atoms with Gasteiger partial charge in [-0.1, -0.05) is 19.9 Å². The van der Waals surface area contributed by atoms with E-state index in [0.29, 0.717) is 5.92 Å². The van der Waals surface area contributed by atoms with Crippen molar-refractivity contribution in [2.75, 3.05) is 14.2 Å². The number of hydrogen-bond donors (Lipinski definition) is 1. The number of nitrogens with zero attached hydrogens (tertiary/aromatic N) is 1. The Kier molecular flexibility index (Phi) is 8.01. The van der Waals surface area contributed by atoms with Gasteiger partial charge in [0.1, 0.15) is 0 Å². The van der Waals surface area contributed by atoms with Gasteiger partial charge in [-0.05, 0) is 50.2 Å². The molecule has 5 unspecified atom stereocenters. The van der Waals surface area contributed by atoms with Crippen LogP contribution in [0, 0.1) is 11.8 Å². The van der Waals surface area contributed by atoms with Crippen molar-refractivity contribution in [2.24, 2.45) is 11.8 Å². The first-order valence-electron chi connectivity index (χ1n) is 8.07. The molecule has 5 atom stereocenters. The van der Waals surface area contributed by atoms with Gasteiger partial charge in [0, 0.05) is 20.4 Å². The van der Waals surface area contributed by atoms with Gasteiger partial charge in [0.25, 0.3) is 0 Å². The Morgan fingerprint density at radius 3 is 2.18 bits per heavy atom. The molecule has 0 amide bonds. The molecule has 4 heteroatoms. The standard InChI is InChI=1S/C18H31NO3/c1-12(9-13(2)21-5)15(4)18(20)17-8-7-16(11-19-17)10-14(3)22-6/h7-8,11-15,18,20H,9-10H2,1-6H3. The van der Waals surface area contributed by atoms with Crippen LogP contribution in [-0.4, -0.2) is 36.5 Å². The Morgan fingerprint density at radius 1 is 1.05 bits per heavy atom. The molecule has 1 aromatic rings. The molecule has 0 saturated carbocycles. The van der Waals surface area contributed by atoms with E-state index < -0.39 is 6.10 Å². The molecule has 0 aromatic carbocycles. The zero-order chi connectivity index (χ0) is 16.7. The molecule has 1 rings (SSSR count). The van der Waals surface area contributed by atoms with Crippen molar-refractivity contribution in [2.45, 2.75) is 58.8 Å². The monoisotopic (exact) mass is 309 g/mol. The van der Waals surface area contributed by atoms with Gasteiger partial charge in [0.2, 0.25) is 0 Å². The number of hydrogen-bond acceptors (Lipinski definition) is 4. The van der Waals surface area contributed by atoms with E-state index in [1.165, 1.54) is 0 Å². The maximum absolute atomic E-state index is 10.5. The third kappa shape index (κ3) is 5.67. The third-order valence-corrected chi connectivity index (χ3v) is 4.58. The van der Waals surface area contributed by atoms with Crippen LogP contribution in [0.25, 0.3) is 0 Å². The number of pyridine rings is 1. The lowest BCUT2D eigenvalue weighted by atomic mass is 9.85. The molecule has 0 bridgehead atoms. The average Bonchev–Trinajstić information content (AvgIpc) is 2.53. The van der Waals surface area contributed by atoms with Gasteiger partial charge >= 0.3 is 0 Å². The highest BCUT2D eigenvalue weighted by Gasteiger charge is 2.24. The van der Waals surface area contributed by atoms with Crippen LogP contribution in [0.15, 0.2) is 18.3 Å². The molecule has 0 aliphatic rings. The molecule has 1 heterocycles. The van der Waals surface area contributed by atoms with Crippen LogP contribution in [0.5, 0.6) is 0 Å². The van der Waals surface area contributed by atoms with Crippen molar-refractivity contribution < 1.29 is 14.6 Å². The lowest BCUT2D eigenvalue weighted by molar-refractivity contribution is 0.0465. The molecule has 0 spiro atoms. The van der Waals surface area contributed by atoms with Gasteiger partial charge in [-0.2, -0.15) is 0 Å². The average molecular weight is 309 g/mol. The van der Waals surface area contributed by atoms with Crippen molar-refractivity contribution in [1.82, 2.24) is 4.98 Å². The zero-order valence-corrected chi connectivity index (χ0v) is 14.7. The Labute approximate surface area is 134 Å². The fourth-order valence-electron chi connectivity index (χ4n) is 2.56. The Balaban J connectivity index is 2.66. The first-order valence-corrected chi connectivity index (χ1v) is 8.07. The van der Waals surface area contributed by atoms with E-state index >= 15 is 0 Å². The third-order valence-electron chi connectivity index (χ3n) is 4.58. The second-order valence-corrected chi connectivity index (χ2v) is 6.41. The summed E-state index contributed by atoms with van der Waals surface area (Å²) < 4.78 is 10.6. The molecular weight excluding hydrogens is 278 g/mol. The van der Waals surface area contributed by atoms with Crippen molar-refractivity contribution in [3.05, 3.63) is 29.6 Å². The molecule has 1 aromatic heterocycles. The highest BCUT2D eigenvalue weighted by atomic mass is 16.5. The van der Waals surface area contributed by atoms with Crippen molar-refractivity contribution in [1.29, 1.82) is 0 Å². The minimum atomic E-state index is -0.548. The molecule has 0 aliphatic carbocycles. The lowest BCUT2D eigenvalue weighted by Crippen LogP contribution is -2.22. The van der Waals surface area contributed by atoms with Crippen molar-refractivity contribution in [3.8, 4) is 0 Å². The van der Waals surface area contributed by atoms with E-state index in [9.17, 15) is 5.11 Å². The quantitative estimate of drug-likeness (QED) is 0.759. The van der Waals surface area contributed by atoms with Gasteiger partial charge in [0.05, 0.1) is 24.0 Å². The van der Waals surface area contributed by atoms with Gasteiger partial charge in [-0.3, -0.25) is 4.98 Å². The summed E-state index contributed by atoms with van der Waals surface area (Å²) in [7, 11) is 3.43. The van der Waals surface area contributed by atoms with Crippen LogP contribution >= 0.6 is 0 Å². The van der Waals surface area contributed by atoms with Crippen LogP contribution in [0.4, 0.5) is 0 Å². The molecule has 126 valence electrons. The number of aromatic nitrogens is 1. The van der Waals surface area contributed by atoms with E-state index in [1.54, 1.807) is 14.2 Å². The van der Waals surface area contributed by atoms with E-state index in [2.05, 4.69) is 25.8 Å². The number of methoxy groups -OCH3 is 2. The smallest absolute Gasteiger partial charge is 0.0987 e. The minimum absolute atomic E-state index is 0.133. The second-order valence-electron chi connectivity index (χ2n) is 6.41. The molecule has 0 fully saturated rings. The topological polar surface area (TPSA) is 51.6 Å². The molecular formula is C18H31NO3. The minimum Gasteiger partial charge on any atom is -0.387 e. The predicted molar refractivity (Wildman–Crippen MR) is 88.8 cm³/mol. The SMILES string of the molecule is COC(C)Cc1ccc(C(O)C(C)C(C)CC(C)OC)nc1. The predicted octanol–water partition coefficient (Wildman–Crippen LogP) is 3.39. The summed E-state index contributed by atoms with van der Waals surface area (Å²) in [5.41, 5.74) is 1.86. The largest absolute Gasteiger partial charge is 0.387 e. The van der Waals surface area contributed by atoms with Crippen LogP contribution in [-0.2, 0) is 15.9 Å². The molecule has 0 radical (unpaired) electrons. The number of aliphatic hydroxyl groups excluding tert-OH is 1. The number of ether oxygens (including phenoxy) is 2. The fourth-order valence-corrected chi connectivity index (χ4v) is 2.56. The van der Waals surface area contributed by atoms with E-state index in [0.717, 1.165) is 24.1 Å². The van der Waals surface area contributed by atoms with Crippen molar-refractivity contribution >= 4 is 0 Å². The highest BCUT2D eigenvalue weighted by molar-refractivity contribution is 5.16. The van der Waals surface area contributed by atoms with Gasteiger partial charge in [0.15, 0.2) is 0 Å². The summed E-state index contributed by atoms with van der Waals surface area (Å²) in [5.74, 6) is 0.494. The summed E-state index contributed by atoms with van der Waals surface area (Å²) in [6.07, 6.45) is 3.43. The summed E-state index contributed by atoms with van der Waals surface area (Å²) in [4.78, 5) is 4.43. The van der Waals surface area contributed by atoms with Crippen LogP contribution in [0.2, 0.25) is 0 Å². The summed E-state index contributed by atoms with van der Waals surface area (Å²) in [5, 5.41) is 10.5. The summed E-state index contributed by atoms with van der Waals surface area (Å²) in [6, 6.07) is 3.95. The summed E-state index contributed by atoms with van der Waals surface area (Å²) in [6.45, 7) is 8.31. The molecule has 0 aliphatic heterocycles. The second kappa shape index (κ2) is 9.23. The number of aliphatic hydroxyl groups is 1. The fraction of sp³-hybridized carbons (Fsp3) is 0.722. The maximum Gasteiger partial charge on any atom is 0.0987 e. The number of rotatable bonds is 9.